The average molecular weight is 396 g/mol. The molecule has 1 amide bonds. The number of ether oxygens (including phenoxy) is 1. The Bertz CT molecular complexity index is 876. The second kappa shape index (κ2) is 9.07. The molecule has 5 heteroatoms. The predicted octanol–water partition coefficient (Wildman–Crippen LogP) is 4.92. The van der Waals surface area contributed by atoms with Crippen molar-refractivity contribution in [2.24, 2.45) is 5.92 Å². The second-order valence-corrected chi connectivity index (χ2v) is 8.19. The first kappa shape index (κ1) is 20.2. The highest BCUT2D eigenvalue weighted by Crippen LogP contribution is 2.37. The number of anilines is 1. The molecule has 146 valence electrons. The van der Waals surface area contributed by atoms with E-state index in [1.54, 1.807) is 13.2 Å². The van der Waals surface area contributed by atoms with Crippen molar-refractivity contribution in [3.05, 3.63) is 46.2 Å². The molecule has 28 heavy (non-hydrogen) atoms. The monoisotopic (exact) mass is 395 g/mol. The van der Waals surface area contributed by atoms with E-state index in [2.05, 4.69) is 5.92 Å². The van der Waals surface area contributed by atoms with E-state index in [0.29, 0.717) is 23.8 Å². The molecule has 0 N–H and O–H groups in total. The van der Waals surface area contributed by atoms with E-state index >= 15 is 0 Å². The van der Waals surface area contributed by atoms with Gasteiger partial charge in [0.15, 0.2) is 5.78 Å². The maximum Gasteiger partial charge on any atom is 0.303 e. The van der Waals surface area contributed by atoms with Crippen molar-refractivity contribution in [1.29, 1.82) is 0 Å². The lowest BCUT2D eigenvalue weighted by Gasteiger charge is -2.31. The van der Waals surface area contributed by atoms with Crippen LogP contribution in [-0.4, -0.2) is 18.8 Å². The van der Waals surface area contributed by atoms with Gasteiger partial charge in [0.05, 0.1) is 12.8 Å². The summed E-state index contributed by atoms with van der Waals surface area (Å²) in [6, 6.07) is 8.56. The largest absolute Gasteiger partial charge is 0.497 e. The predicted molar refractivity (Wildman–Crippen MR) is 113 cm³/mol. The minimum absolute atomic E-state index is 0.0418. The minimum atomic E-state index is -0.713. The molecule has 1 aliphatic rings. The van der Waals surface area contributed by atoms with Gasteiger partial charge in [-0.3, -0.25) is 14.5 Å². The maximum atomic E-state index is 13.4. The molecule has 2 aromatic rings. The summed E-state index contributed by atoms with van der Waals surface area (Å²) in [6.45, 7) is 1.90. The van der Waals surface area contributed by atoms with Gasteiger partial charge < -0.3 is 4.74 Å². The number of hydrogen-bond acceptors (Lipinski definition) is 4. The number of aryl methyl sites for hydroxylation is 1. The van der Waals surface area contributed by atoms with Gasteiger partial charge in [-0.25, -0.2) is 0 Å². The SMILES string of the molecule is C#CC(=O)N(c1cc(OC)ccc1C)C(C(=O)CC1CCCC1)c1cccs1. The summed E-state index contributed by atoms with van der Waals surface area (Å²) < 4.78 is 5.34. The number of carbonyl (C=O) groups excluding carboxylic acids is 2. The maximum absolute atomic E-state index is 13.4. The van der Waals surface area contributed by atoms with Gasteiger partial charge in [-0.15, -0.1) is 17.8 Å². The third kappa shape index (κ3) is 4.28. The normalized spacial score (nSPS) is 15.0. The minimum Gasteiger partial charge on any atom is -0.497 e. The first-order chi connectivity index (χ1) is 13.5. The Morgan fingerprint density at radius 1 is 1.32 bits per heavy atom. The zero-order valence-electron chi connectivity index (χ0n) is 16.3. The number of thiophene rings is 1. The third-order valence-electron chi connectivity index (χ3n) is 5.36. The van der Waals surface area contributed by atoms with Crippen LogP contribution in [-0.2, 0) is 9.59 Å². The van der Waals surface area contributed by atoms with Gasteiger partial charge in [0.2, 0.25) is 0 Å². The fourth-order valence-corrected chi connectivity index (χ4v) is 4.74. The zero-order valence-corrected chi connectivity index (χ0v) is 17.1. The quantitative estimate of drug-likeness (QED) is 0.625. The van der Waals surface area contributed by atoms with Crippen LogP contribution in [0.4, 0.5) is 5.69 Å². The van der Waals surface area contributed by atoms with Gasteiger partial charge in [0, 0.05) is 17.4 Å². The molecule has 0 radical (unpaired) electrons. The van der Waals surface area contributed by atoms with Crippen LogP contribution >= 0.6 is 11.3 Å². The first-order valence-electron chi connectivity index (χ1n) is 9.55. The van der Waals surface area contributed by atoms with Gasteiger partial charge >= 0.3 is 5.91 Å². The average Bonchev–Trinajstić information content (AvgIpc) is 3.40. The molecule has 0 bridgehead atoms. The molecule has 1 aliphatic carbocycles. The van der Waals surface area contributed by atoms with E-state index in [1.807, 2.05) is 36.6 Å². The highest BCUT2D eigenvalue weighted by atomic mass is 32.1. The Hall–Kier alpha value is -2.58. The van der Waals surface area contributed by atoms with Gasteiger partial charge in [-0.2, -0.15) is 0 Å². The summed E-state index contributed by atoms with van der Waals surface area (Å²) in [7, 11) is 1.57. The van der Waals surface area contributed by atoms with Crippen LogP contribution in [0.1, 0.15) is 48.6 Å². The molecule has 0 spiro atoms. The van der Waals surface area contributed by atoms with Gasteiger partial charge in [0.25, 0.3) is 0 Å². The molecule has 4 nitrogen and oxygen atoms in total. The highest BCUT2D eigenvalue weighted by molar-refractivity contribution is 7.10. The van der Waals surface area contributed by atoms with Crippen LogP contribution in [0.25, 0.3) is 0 Å². The molecule has 0 saturated heterocycles. The van der Waals surface area contributed by atoms with E-state index in [-0.39, 0.29) is 5.78 Å². The lowest BCUT2D eigenvalue weighted by atomic mass is 9.95. The Morgan fingerprint density at radius 2 is 2.07 bits per heavy atom. The number of benzene rings is 1. The fourth-order valence-electron chi connectivity index (χ4n) is 3.90. The summed E-state index contributed by atoms with van der Waals surface area (Å²) in [6.07, 6.45) is 10.5. The molecule has 1 aromatic heterocycles. The summed E-state index contributed by atoms with van der Waals surface area (Å²) >= 11 is 1.47. The molecule has 1 atom stereocenters. The fraction of sp³-hybridized carbons (Fsp3) is 0.391. The molecule has 1 heterocycles. The van der Waals surface area contributed by atoms with Crippen molar-refractivity contribution in [2.45, 2.75) is 45.1 Å². The molecule has 0 aliphatic heterocycles. The summed E-state index contributed by atoms with van der Waals surface area (Å²) in [5, 5.41) is 1.92. The summed E-state index contributed by atoms with van der Waals surface area (Å²) in [5.41, 5.74) is 1.47. The Kier molecular flexibility index (Phi) is 6.53. The summed E-state index contributed by atoms with van der Waals surface area (Å²) in [5.74, 6) is 2.75. The van der Waals surface area contributed by atoms with Crippen molar-refractivity contribution in [1.82, 2.24) is 0 Å². The van der Waals surface area contributed by atoms with Crippen molar-refractivity contribution in [2.75, 3.05) is 12.0 Å². The van der Waals surface area contributed by atoms with E-state index < -0.39 is 11.9 Å². The van der Waals surface area contributed by atoms with E-state index in [1.165, 1.54) is 29.1 Å². The van der Waals surface area contributed by atoms with Crippen molar-refractivity contribution >= 4 is 28.7 Å². The number of Topliss-reactive ketones (excluding diaryl/α,β-unsaturated/α-hetero) is 1. The third-order valence-corrected chi connectivity index (χ3v) is 6.28. The summed E-state index contributed by atoms with van der Waals surface area (Å²) in [4.78, 5) is 28.6. The number of ketones is 1. The van der Waals surface area contributed by atoms with Crippen LogP contribution in [0, 0.1) is 25.2 Å². The highest BCUT2D eigenvalue weighted by Gasteiger charge is 2.35. The number of amides is 1. The van der Waals surface area contributed by atoms with Gasteiger partial charge in [-0.1, -0.05) is 37.8 Å². The number of terminal acetylenes is 1. The van der Waals surface area contributed by atoms with E-state index in [9.17, 15) is 9.59 Å². The molecule has 1 saturated carbocycles. The number of methoxy groups -OCH3 is 1. The Labute approximate surface area is 170 Å². The molecule has 1 unspecified atom stereocenters. The van der Waals surface area contributed by atoms with E-state index in [4.69, 9.17) is 11.2 Å². The number of nitrogens with zero attached hydrogens (tertiary/aromatic N) is 1. The Morgan fingerprint density at radius 3 is 2.68 bits per heavy atom. The van der Waals surface area contributed by atoms with Crippen LogP contribution in [0.5, 0.6) is 5.75 Å². The van der Waals surface area contributed by atoms with E-state index in [0.717, 1.165) is 23.3 Å². The second-order valence-electron chi connectivity index (χ2n) is 7.21. The number of rotatable bonds is 7. The topological polar surface area (TPSA) is 46.6 Å². The first-order valence-corrected chi connectivity index (χ1v) is 10.4. The van der Waals surface area contributed by atoms with Crippen LogP contribution in [0.2, 0.25) is 0 Å². The smallest absolute Gasteiger partial charge is 0.303 e. The Balaban J connectivity index is 2.06. The van der Waals surface area contributed by atoms with Crippen molar-refractivity contribution in [3.63, 3.8) is 0 Å². The van der Waals surface area contributed by atoms with Gasteiger partial charge in [0.1, 0.15) is 11.8 Å². The molecule has 1 aromatic carbocycles. The standard InChI is InChI=1S/C23H25NO3S/c1-4-22(26)24(19-15-18(27-3)12-11-16(19)2)23(21-10-7-13-28-21)20(25)14-17-8-5-6-9-17/h1,7,10-13,15,17,23H,5-6,8-9,14H2,2-3H3. The molecular weight excluding hydrogens is 370 g/mol. The van der Waals surface area contributed by atoms with Crippen LogP contribution in [0.3, 0.4) is 0 Å². The number of carbonyl (C=O) groups is 2. The molecule has 3 rings (SSSR count). The lowest BCUT2D eigenvalue weighted by molar-refractivity contribution is -0.124. The van der Waals surface area contributed by atoms with Gasteiger partial charge in [-0.05, 0) is 41.8 Å². The zero-order chi connectivity index (χ0) is 20.1. The molecule has 1 fully saturated rings. The van der Waals surface area contributed by atoms with Crippen molar-refractivity contribution in [3.8, 4) is 18.1 Å². The molecular formula is C23H25NO3S. The number of hydrogen-bond donors (Lipinski definition) is 0. The van der Waals surface area contributed by atoms with Crippen molar-refractivity contribution < 1.29 is 14.3 Å². The van der Waals surface area contributed by atoms with Crippen LogP contribution < -0.4 is 9.64 Å². The van der Waals surface area contributed by atoms with Crippen LogP contribution in [0.15, 0.2) is 35.7 Å². The lowest BCUT2D eigenvalue weighted by Crippen LogP contribution is -2.39.